The molecule has 0 aliphatic carbocycles. The first-order valence-corrected chi connectivity index (χ1v) is 4.77. The van der Waals surface area contributed by atoms with Crippen molar-refractivity contribution in [3.63, 3.8) is 0 Å². The highest BCUT2D eigenvalue weighted by Crippen LogP contribution is 1.99. The molecule has 0 heterocycles. The zero-order chi connectivity index (χ0) is 12.0. The third-order valence-electron chi connectivity index (χ3n) is 1.22. The summed E-state index contributed by atoms with van der Waals surface area (Å²) in [6.45, 7) is 14.2. The third kappa shape index (κ3) is 13.5. The maximum atomic E-state index is 7.00. The van der Waals surface area contributed by atoms with Gasteiger partial charge in [0.2, 0.25) is 0 Å². The third-order valence-corrected chi connectivity index (χ3v) is 1.22. The van der Waals surface area contributed by atoms with Crippen molar-refractivity contribution in [3.8, 4) is 0 Å². The van der Waals surface area contributed by atoms with E-state index in [2.05, 4.69) is 51.3 Å². The Morgan fingerprint density at radius 3 is 1.07 bits per heavy atom. The maximum absolute atomic E-state index is 7.00. The summed E-state index contributed by atoms with van der Waals surface area (Å²) in [5.74, 6) is 0. The van der Waals surface area contributed by atoms with Crippen molar-refractivity contribution < 1.29 is 5.11 Å². The van der Waals surface area contributed by atoms with Crippen LogP contribution in [0.4, 0.5) is 0 Å². The molecule has 1 aromatic carbocycles. The lowest BCUT2D eigenvalue weighted by Gasteiger charge is -1.90. The van der Waals surface area contributed by atoms with Gasteiger partial charge >= 0.3 is 0 Å². The summed E-state index contributed by atoms with van der Waals surface area (Å²) in [7, 11) is 1.00. The summed E-state index contributed by atoms with van der Waals surface area (Å²) in [4.78, 5) is 0. The highest BCUT2D eigenvalue weighted by molar-refractivity contribution is 5.19. The van der Waals surface area contributed by atoms with Crippen molar-refractivity contribution >= 4 is 0 Å². The van der Waals surface area contributed by atoms with E-state index in [1.54, 1.807) is 0 Å². The van der Waals surface area contributed by atoms with Crippen LogP contribution in [-0.4, -0.2) is 12.2 Å². The molecule has 0 aromatic heterocycles. The molecule has 1 N–H and O–H groups in total. The first-order valence-electron chi connectivity index (χ1n) is 4.77. The Kier molecular flexibility index (Phi) is 23.8. The summed E-state index contributed by atoms with van der Waals surface area (Å²) < 4.78 is 0. The van der Waals surface area contributed by atoms with Crippen molar-refractivity contribution in [1.82, 2.24) is 0 Å². The minimum Gasteiger partial charge on any atom is -0.400 e. The summed E-state index contributed by atoms with van der Waals surface area (Å²) >= 11 is 0. The predicted octanol–water partition coefficient (Wildman–Crippen LogP) is 3.74. The summed E-state index contributed by atoms with van der Waals surface area (Å²) in [6, 6.07) is 8.48. The number of hydrogen-bond acceptors (Lipinski definition) is 1. The number of rotatable bonds is 0. The normalized spacial score (nSPS) is 6.43. The zero-order valence-corrected chi connectivity index (χ0v) is 10.2. The van der Waals surface area contributed by atoms with Crippen LogP contribution in [0.25, 0.3) is 0 Å². The molecular formula is C13H24O. The van der Waals surface area contributed by atoms with E-state index >= 15 is 0 Å². The van der Waals surface area contributed by atoms with E-state index in [-0.39, 0.29) is 0 Å². The Hall–Kier alpha value is -1.08. The van der Waals surface area contributed by atoms with Crippen LogP contribution < -0.4 is 0 Å². The van der Waals surface area contributed by atoms with E-state index in [0.29, 0.717) is 0 Å². The molecule has 0 saturated heterocycles. The molecule has 14 heavy (non-hydrogen) atoms. The van der Waals surface area contributed by atoms with Crippen LogP contribution in [0.5, 0.6) is 0 Å². The van der Waals surface area contributed by atoms with Gasteiger partial charge in [0, 0.05) is 7.11 Å². The van der Waals surface area contributed by atoms with Gasteiger partial charge in [-0.05, 0) is 13.8 Å². The number of aliphatic hydroxyl groups is 1. The van der Waals surface area contributed by atoms with Gasteiger partial charge in [0.15, 0.2) is 0 Å². The summed E-state index contributed by atoms with van der Waals surface area (Å²) in [5, 5.41) is 7.00. The maximum Gasteiger partial charge on any atom is 0.0319 e. The molecule has 1 aromatic rings. The summed E-state index contributed by atoms with van der Waals surface area (Å²) in [6.07, 6.45) is 0. The Labute approximate surface area is 89.1 Å². The monoisotopic (exact) mass is 196 g/mol. The fourth-order valence-electron chi connectivity index (χ4n) is 0.637. The molecule has 82 valence electrons. The van der Waals surface area contributed by atoms with Gasteiger partial charge in [-0.1, -0.05) is 49.2 Å². The molecule has 1 heteroatoms. The average molecular weight is 196 g/mol. The van der Waals surface area contributed by atoms with Crippen molar-refractivity contribution in [2.45, 2.75) is 27.7 Å². The quantitative estimate of drug-likeness (QED) is 0.627. The lowest BCUT2D eigenvalue weighted by Crippen LogP contribution is -1.70. The first-order chi connectivity index (χ1) is 6.79. The topological polar surface area (TPSA) is 20.2 Å². The van der Waals surface area contributed by atoms with E-state index in [1.807, 2.05) is 13.8 Å². The second-order valence-corrected chi connectivity index (χ2v) is 2.15. The molecule has 0 fully saturated rings. The highest BCUT2D eigenvalue weighted by Gasteiger charge is 1.79. The van der Waals surface area contributed by atoms with Gasteiger partial charge < -0.3 is 5.11 Å². The Morgan fingerprint density at radius 2 is 0.929 bits per heavy atom. The Bertz CT molecular complexity index is 156. The second-order valence-electron chi connectivity index (χ2n) is 2.15. The smallest absolute Gasteiger partial charge is 0.0319 e. The van der Waals surface area contributed by atoms with Crippen molar-refractivity contribution in [2.75, 3.05) is 7.11 Å². The van der Waals surface area contributed by atoms with Crippen molar-refractivity contribution in [3.05, 3.63) is 48.6 Å². The van der Waals surface area contributed by atoms with Crippen LogP contribution >= 0.6 is 0 Å². The highest BCUT2D eigenvalue weighted by atomic mass is 16.2. The predicted molar refractivity (Wildman–Crippen MR) is 66.7 cm³/mol. The molecule has 0 bridgehead atoms. The largest absolute Gasteiger partial charge is 0.400 e. The van der Waals surface area contributed by atoms with Crippen LogP contribution in [0.2, 0.25) is 0 Å². The number of aliphatic hydroxyl groups excluding tert-OH is 1. The van der Waals surface area contributed by atoms with Gasteiger partial charge in [0.05, 0.1) is 0 Å². The molecule has 0 aliphatic rings. The molecule has 0 unspecified atom stereocenters. The fraction of sp³-hybridized carbons (Fsp3) is 0.385. The van der Waals surface area contributed by atoms with Crippen LogP contribution in [0.3, 0.4) is 0 Å². The molecule has 1 rings (SSSR count). The molecule has 0 radical (unpaired) electrons. The average Bonchev–Trinajstić information content (AvgIpc) is 2.31. The van der Waals surface area contributed by atoms with Gasteiger partial charge in [-0.3, -0.25) is 0 Å². The zero-order valence-electron chi connectivity index (χ0n) is 10.2. The molecule has 0 saturated carbocycles. The van der Waals surface area contributed by atoms with Crippen LogP contribution in [0.15, 0.2) is 37.4 Å². The lowest BCUT2D eigenvalue weighted by molar-refractivity contribution is 0.399. The Morgan fingerprint density at radius 1 is 0.786 bits per heavy atom. The van der Waals surface area contributed by atoms with E-state index in [1.165, 1.54) is 11.1 Å². The number of benzene rings is 1. The number of hydrogen-bond donors (Lipinski definition) is 1. The van der Waals surface area contributed by atoms with E-state index in [0.717, 1.165) is 7.11 Å². The molecule has 0 spiro atoms. The molecule has 0 amide bonds. The van der Waals surface area contributed by atoms with Gasteiger partial charge in [-0.15, -0.1) is 13.2 Å². The van der Waals surface area contributed by atoms with Crippen LogP contribution in [0, 0.1) is 13.8 Å². The summed E-state index contributed by atoms with van der Waals surface area (Å²) in [5.41, 5.74) is 2.66. The van der Waals surface area contributed by atoms with E-state index < -0.39 is 0 Å². The number of aryl methyl sites for hydroxylation is 2. The minimum absolute atomic E-state index is 1.00. The van der Waals surface area contributed by atoms with Crippen molar-refractivity contribution in [2.24, 2.45) is 0 Å². The van der Waals surface area contributed by atoms with Gasteiger partial charge in [-0.25, -0.2) is 0 Å². The van der Waals surface area contributed by atoms with Crippen LogP contribution in [-0.2, 0) is 0 Å². The first kappa shape index (κ1) is 18.7. The lowest BCUT2D eigenvalue weighted by atomic mass is 10.2. The molecule has 1 nitrogen and oxygen atoms in total. The standard InChI is InChI=1S/C8H10.C2H6.C2H4.CH4O/c1-7-3-5-8(2)6-4-7;3*1-2/h3-6H,1-2H3;1-2H3;1-2H2;2H,1H3. The van der Waals surface area contributed by atoms with Crippen LogP contribution in [0.1, 0.15) is 25.0 Å². The SMILES string of the molecule is C=C.CC.CO.Cc1ccc(C)cc1. The Balaban J connectivity index is -0.000000174. The van der Waals surface area contributed by atoms with E-state index in [9.17, 15) is 0 Å². The fourth-order valence-corrected chi connectivity index (χ4v) is 0.637. The van der Waals surface area contributed by atoms with Gasteiger partial charge in [0.25, 0.3) is 0 Å². The molecule has 0 atom stereocenters. The van der Waals surface area contributed by atoms with Gasteiger partial charge in [0.1, 0.15) is 0 Å². The molecule has 0 aliphatic heterocycles. The van der Waals surface area contributed by atoms with E-state index in [4.69, 9.17) is 5.11 Å². The second kappa shape index (κ2) is 17.9. The molecular weight excluding hydrogens is 172 g/mol. The van der Waals surface area contributed by atoms with Gasteiger partial charge in [-0.2, -0.15) is 0 Å². The minimum atomic E-state index is 1.00. The van der Waals surface area contributed by atoms with Crippen molar-refractivity contribution in [1.29, 1.82) is 0 Å².